The van der Waals surface area contributed by atoms with Crippen LogP contribution >= 0.6 is 0 Å². The lowest BCUT2D eigenvalue weighted by atomic mass is 10.0. The molecule has 2 N–H and O–H groups in total. The maximum absolute atomic E-state index is 11.9. The minimum absolute atomic E-state index is 0.0362. The van der Waals surface area contributed by atoms with Gasteiger partial charge in [-0.15, -0.1) is 0 Å². The first-order valence-corrected chi connectivity index (χ1v) is 9.08. The van der Waals surface area contributed by atoms with Crippen LogP contribution in [0.1, 0.15) is 37.3 Å². The number of carbonyl (C=O) groups excluding carboxylic acids is 1. The number of benzene rings is 1. The third-order valence-corrected chi connectivity index (χ3v) is 4.13. The number of hydrogen-bond acceptors (Lipinski definition) is 4. The molecule has 0 heterocycles. The zero-order valence-corrected chi connectivity index (χ0v) is 13.3. The number of carbonyl (C=O) groups is 2. The van der Waals surface area contributed by atoms with Gasteiger partial charge in [0.15, 0.2) is 0 Å². The van der Waals surface area contributed by atoms with Crippen molar-refractivity contribution in [3.8, 4) is 0 Å². The molecule has 1 atom stereocenters. The average Bonchev–Trinajstić information content (AvgIpc) is 2.42. The molecule has 122 valence electrons. The van der Waals surface area contributed by atoms with Crippen LogP contribution in [0.3, 0.4) is 0 Å². The molecule has 0 aliphatic rings. The largest absolute Gasteiger partial charge is 0.481 e. The van der Waals surface area contributed by atoms with Gasteiger partial charge in [0.05, 0.1) is 11.8 Å². The Morgan fingerprint density at radius 1 is 1.18 bits per heavy atom. The van der Waals surface area contributed by atoms with E-state index < -0.39 is 15.8 Å². The van der Waals surface area contributed by atoms with E-state index in [2.05, 4.69) is 5.32 Å². The van der Waals surface area contributed by atoms with Crippen LogP contribution < -0.4 is 5.32 Å². The molecule has 1 amide bonds. The highest BCUT2D eigenvalue weighted by Gasteiger charge is 2.16. The normalized spacial score (nSPS) is 12.6. The second kappa shape index (κ2) is 8.53. The van der Waals surface area contributed by atoms with Gasteiger partial charge in [-0.05, 0) is 18.4 Å². The molecule has 0 bridgehead atoms. The molecular formula is C15H21NO5S. The van der Waals surface area contributed by atoms with Crippen LogP contribution in [0.4, 0.5) is 0 Å². The van der Waals surface area contributed by atoms with Crippen molar-refractivity contribution in [3.05, 3.63) is 35.9 Å². The summed E-state index contributed by atoms with van der Waals surface area (Å²) in [6.07, 6.45) is 1.72. The highest BCUT2D eigenvalue weighted by molar-refractivity contribution is 7.90. The van der Waals surface area contributed by atoms with Crippen LogP contribution in [0.5, 0.6) is 0 Å². The summed E-state index contributed by atoms with van der Waals surface area (Å²) in [5.74, 6) is -1.24. The predicted octanol–water partition coefficient (Wildman–Crippen LogP) is 1.53. The molecule has 1 aromatic carbocycles. The lowest BCUT2D eigenvalue weighted by Crippen LogP contribution is -2.29. The Kier molecular flexibility index (Phi) is 7.04. The smallest absolute Gasteiger partial charge is 0.303 e. The fourth-order valence-corrected chi connectivity index (χ4v) is 2.71. The number of aliphatic carboxylic acids is 1. The minimum Gasteiger partial charge on any atom is -0.481 e. The number of rotatable bonds is 9. The van der Waals surface area contributed by atoms with Gasteiger partial charge in [0, 0.05) is 19.1 Å². The van der Waals surface area contributed by atoms with Crippen molar-refractivity contribution >= 4 is 21.7 Å². The lowest BCUT2D eigenvalue weighted by molar-refractivity contribution is -0.137. The standard InChI is InChI=1S/C15H21NO5S/c1-22(20,21)11-5-8-14(17)16-13(9-10-15(18)19)12-6-3-2-4-7-12/h2-4,6-7,13H,5,8-11H2,1H3,(H,16,17)(H,18,19). The summed E-state index contributed by atoms with van der Waals surface area (Å²) in [7, 11) is -3.08. The van der Waals surface area contributed by atoms with Gasteiger partial charge in [0.2, 0.25) is 5.91 Å². The van der Waals surface area contributed by atoms with E-state index in [4.69, 9.17) is 5.11 Å². The topological polar surface area (TPSA) is 101 Å². The Labute approximate surface area is 130 Å². The van der Waals surface area contributed by atoms with Crippen LogP contribution in [-0.2, 0) is 19.4 Å². The maximum atomic E-state index is 11.9. The van der Waals surface area contributed by atoms with Crippen molar-refractivity contribution < 1.29 is 23.1 Å². The van der Waals surface area contributed by atoms with Gasteiger partial charge in [-0.2, -0.15) is 0 Å². The molecule has 22 heavy (non-hydrogen) atoms. The molecule has 0 aliphatic carbocycles. The van der Waals surface area contributed by atoms with Crippen molar-refractivity contribution in [3.63, 3.8) is 0 Å². The SMILES string of the molecule is CS(=O)(=O)CCCC(=O)NC(CCC(=O)O)c1ccccc1. The number of carboxylic acids is 1. The molecule has 1 unspecified atom stereocenters. The van der Waals surface area contributed by atoms with Crippen LogP contribution in [-0.4, -0.2) is 37.4 Å². The molecule has 1 aromatic rings. The lowest BCUT2D eigenvalue weighted by Gasteiger charge is -2.18. The number of nitrogens with one attached hydrogen (secondary N) is 1. The second-order valence-electron chi connectivity index (χ2n) is 5.20. The fourth-order valence-electron chi connectivity index (χ4n) is 2.04. The number of hydrogen-bond donors (Lipinski definition) is 2. The summed E-state index contributed by atoms with van der Waals surface area (Å²) in [6, 6.07) is 8.74. The van der Waals surface area contributed by atoms with E-state index in [-0.39, 0.29) is 43.4 Å². The third-order valence-electron chi connectivity index (χ3n) is 3.10. The Morgan fingerprint density at radius 3 is 2.36 bits per heavy atom. The van der Waals surface area contributed by atoms with Crippen molar-refractivity contribution in [1.82, 2.24) is 5.32 Å². The average molecular weight is 327 g/mol. The zero-order chi connectivity index (χ0) is 16.6. The van der Waals surface area contributed by atoms with E-state index in [1.165, 1.54) is 0 Å². The van der Waals surface area contributed by atoms with E-state index in [1.807, 2.05) is 30.3 Å². The number of carboxylic acid groups (broad SMARTS) is 1. The van der Waals surface area contributed by atoms with Gasteiger partial charge in [0.1, 0.15) is 9.84 Å². The molecule has 0 fully saturated rings. The molecule has 0 aromatic heterocycles. The van der Waals surface area contributed by atoms with Crippen molar-refractivity contribution in [2.75, 3.05) is 12.0 Å². The van der Waals surface area contributed by atoms with Gasteiger partial charge < -0.3 is 10.4 Å². The van der Waals surface area contributed by atoms with Gasteiger partial charge in [-0.3, -0.25) is 9.59 Å². The first-order valence-electron chi connectivity index (χ1n) is 7.02. The van der Waals surface area contributed by atoms with Crippen LogP contribution in [0, 0.1) is 0 Å². The molecule has 0 saturated heterocycles. The summed E-state index contributed by atoms with van der Waals surface area (Å²) in [5.41, 5.74) is 0.834. The van der Waals surface area contributed by atoms with Gasteiger partial charge in [-0.1, -0.05) is 30.3 Å². The second-order valence-corrected chi connectivity index (χ2v) is 7.46. The van der Waals surface area contributed by atoms with Gasteiger partial charge >= 0.3 is 5.97 Å². The first kappa shape index (κ1) is 18.2. The van der Waals surface area contributed by atoms with Crippen LogP contribution in [0.2, 0.25) is 0 Å². The molecule has 0 radical (unpaired) electrons. The van der Waals surface area contributed by atoms with Crippen LogP contribution in [0.25, 0.3) is 0 Å². The van der Waals surface area contributed by atoms with Crippen molar-refractivity contribution in [2.24, 2.45) is 0 Å². The fraction of sp³-hybridized carbons (Fsp3) is 0.467. The molecule has 1 rings (SSSR count). The molecule has 7 heteroatoms. The Morgan fingerprint density at radius 2 is 1.82 bits per heavy atom. The van der Waals surface area contributed by atoms with Crippen LogP contribution in [0.15, 0.2) is 30.3 Å². The Hall–Kier alpha value is -1.89. The van der Waals surface area contributed by atoms with E-state index in [0.717, 1.165) is 11.8 Å². The number of amides is 1. The molecule has 0 spiro atoms. The first-order chi connectivity index (χ1) is 10.3. The van der Waals surface area contributed by atoms with Crippen molar-refractivity contribution in [2.45, 2.75) is 31.7 Å². The van der Waals surface area contributed by atoms with E-state index in [9.17, 15) is 18.0 Å². The molecular weight excluding hydrogens is 306 g/mol. The molecule has 0 saturated carbocycles. The summed E-state index contributed by atoms with van der Waals surface area (Å²) < 4.78 is 22.1. The Bertz CT molecular complexity index is 598. The number of sulfone groups is 1. The quantitative estimate of drug-likeness (QED) is 0.716. The zero-order valence-electron chi connectivity index (χ0n) is 12.5. The van der Waals surface area contributed by atoms with Crippen molar-refractivity contribution in [1.29, 1.82) is 0 Å². The van der Waals surface area contributed by atoms with E-state index in [0.29, 0.717) is 0 Å². The Balaban J connectivity index is 2.60. The van der Waals surface area contributed by atoms with Gasteiger partial charge in [-0.25, -0.2) is 8.42 Å². The third kappa shape index (κ3) is 7.78. The molecule has 6 nitrogen and oxygen atoms in total. The highest BCUT2D eigenvalue weighted by atomic mass is 32.2. The summed E-state index contributed by atoms with van der Waals surface area (Å²) in [6.45, 7) is 0. The van der Waals surface area contributed by atoms with E-state index in [1.54, 1.807) is 0 Å². The summed E-state index contributed by atoms with van der Waals surface area (Å²) >= 11 is 0. The minimum atomic E-state index is -3.08. The maximum Gasteiger partial charge on any atom is 0.303 e. The highest BCUT2D eigenvalue weighted by Crippen LogP contribution is 2.18. The monoisotopic (exact) mass is 327 g/mol. The molecule has 0 aliphatic heterocycles. The predicted molar refractivity (Wildman–Crippen MR) is 83.1 cm³/mol. The summed E-state index contributed by atoms with van der Waals surface area (Å²) in [4.78, 5) is 22.6. The summed E-state index contributed by atoms with van der Waals surface area (Å²) in [5, 5.41) is 11.6. The van der Waals surface area contributed by atoms with Gasteiger partial charge in [0.25, 0.3) is 0 Å². The van der Waals surface area contributed by atoms with E-state index >= 15 is 0 Å².